The van der Waals surface area contributed by atoms with Crippen LogP contribution in [0.1, 0.15) is 31.4 Å². The molecule has 0 aliphatic heterocycles. The van der Waals surface area contributed by atoms with E-state index in [1.165, 1.54) is 11.1 Å². The van der Waals surface area contributed by atoms with Crippen molar-refractivity contribution in [3.63, 3.8) is 0 Å². The van der Waals surface area contributed by atoms with Crippen molar-refractivity contribution in [3.8, 4) is 0 Å². The second-order valence-electron chi connectivity index (χ2n) is 4.12. The summed E-state index contributed by atoms with van der Waals surface area (Å²) in [6, 6.07) is 8.42. The lowest BCUT2D eigenvalue weighted by Gasteiger charge is -2.20. The van der Waals surface area contributed by atoms with Crippen LogP contribution in [0.5, 0.6) is 0 Å². The topological polar surface area (TPSA) is 29.5 Å². The number of ether oxygens (including phenoxy) is 1. The number of rotatable bonds is 6. The summed E-state index contributed by atoms with van der Waals surface area (Å²) in [6.07, 6.45) is 2.08. The van der Waals surface area contributed by atoms with Crippen LogP contribution in [0.25, 0.3) is 0 Å². The molecule has 90 valence electrons. The van der Waals surface area contributed by atoms with Crippen LogP contribution in [0, 0.1) is 0 Å². The lowest BCUT2D eigenvalue weighted by atomic mass is 10.0. The summed E-state index contributed by atoms with van der Waals surface area (Å²) in [6.45, 7) is 4.17. The molecule has 0 spiro atoms. The van der Waals surface area contributed by atoms with Gasteiger partial charge in [0.05, 0.1) is 12.2 Å². The Hall–Kier alpha value is -0.860. The summed E-state index contributed by atoms with van der Waals surface area (Å²) in [4.78, 5) is 0. The number of methoxy groups -OCH3 is 1. The highest BCUT2D eigenvalue weighted by molar-refractivity contribution is 5.23. The first-order valence-electron chi connectivity index (χ1n) is 5.99. The maximum Gasteiger partial charge on any atom is 0.0841 e. The maximum absolute atomic E-state index is 9.96. The van der Waals surface area contributed by atoms with Crippen LogP contribution in [0.4, 0.5) is 0 Å². The molecule has 0 bridgehead atoms. The van der Waals surface area contributed by atoms with Gasteiger partial charge in [0.1, 0.15) is 0 Å². The molecule has 1 N–H and O–H groups in total. The molecule has 16 heavy (non-hydrogen) atoms. The van der Waals surface area contributed by atoms with Gasteiger partial charge in [-0.1, -0.05) is 38.1 Å². The normalized spacial score (nSPS) is 14.8. The van der Waals surface area contributed by atoms with E-state index >= 15 is 0 Å². The van der Waals surface area contributed by atoms with Gasteiger partial charge in [-0.25, -0.2) is 0 Å². The van der Waals surface area contributed by atoms with Crippen LogP contribution in [-0.2, 0) is 17.6 Å². The molecule has 0 radical (unpaired) electrons. The van der Waals surface area contributed by atoms with Gasteiger partial charge in [0.2, 0.25) is 0 Å². The van der Waals surface area contributed by atoms with E-state index in [4.69, 9.17) is 4.74 Å². The van der Waals surface area contributed by atoms with Crippen LogP contribution >= 0.6 is 0 Å². The molecule has 2 unspecified atom stereocenters. The van der Waals surface area contributed by atoms with Crippen LogP contribution in [0.2, 0.25) is 0 Å². The first-order chi connectivity index (χ1) is 7.71. The minimum atomic E-state index is -0.414. The Balaban J connectivity index is 2.58. The smallest absolute Gasteiger partial charge is 0.0841 e. The van der Waals surface area contributed by atoms with Crippen molar-refractivity contribution >= 4 is 0 Å². The molecule has 0 fully saturated rings. The van der Waals surface area contributed by atoms with Crippen molar-refractivity contribution in [2.24, 2.45) is 0 Å². The molecule has 2 heteroatoms. The lowest BCUT2D eigenvalue weighted by Crippen LogP contribution is -2.29. The third-order valence-electron chi connectivity index (χ3n) is 3.01. The molecule has 1 aromatic carbocycles. The van der Waals surface area contributed by atoms with E-state index < -0.39 is 6.10 Å². The number of benzene rings is 1. The molecule has 0 aliphatic carbocycles. The number of aliphatic hydroxyl groups excluding tert-OH is 1. The van der Waals surface area contributed by atoms with Gasteiger partial charge < -0.3 is 9.84 Å². The first kappa shape index (κ1) is 13.2. The fourth-order valence-corrected chi connectivity index (χ4v) is 1.88. The molecule has 1 rings (SSSR count). The Morgan fingerprint density at radius 3 is 2.12 bits per heavy atom. The zero-order chi connectivity index (χ0) is 12.0. The lowest BCUT2D eigenvalue weighted by molar-refractivity contribution is -0.0128. The molecule has 0 aromatic heterocycles. The monoisotopic (exact) mass is 222 g/mol. The first-order valence-corrected chi connectivity index (χ1v) is 5.99. The van der Waals surface area contributed by atoms with Gasteiger partial charge >= 0.3 is 0 Å². The molecule has 0 aliphatic rings. The van der Waals surface area contributed by atoms with Crippen molar-refractivity contribution < 1.29 is 9.84 Å². The average molecular weight is 222 g/mol. The van der Waals surface area contributed by atoms with Crippen molar-refractivity contribution in [1.82, 2.24) is 0 Å². The van der Waals surface area contributed by atoms with Crippen LogP contribution in [-0.4, -0.2) is 24.4 Å². The Morgan fingerprint density at radius 2 is 1.69 bits per heavy atom. The molecule has 0 saturated heterocycles. The number of aliphatic hydroxyl groups is 1. The molecule has 0 amide bonds. The van der Waals surface area contributed by atoms with E-state index in [-0.39, 0.29) is 6.10 Å². The van der Waals surface area contributed by atoms with E-state index in [2.05, 4.69) is 31.2 Å². The second-order valence-corrected chi connectivity index (χ2v) is 4.12. The SMILES string of the molecule is CCc1ccc(CC(O)C(CC)OC)cc1. The molecular formula is C14H22O2. The minimum absolute atomic E-state index is 0.0640. The summed E-state index contributed by atoms with van der Waals surface area (Å²) in [5.41, 5.74) is 2.50. The highest BCUT2D eigenvalue weighted by atomic mass is 16.5. The predicted octanol–water partition coefficient (Wildman–Crippen LogP) is 2.58. The quantitative estimate of drug-likeness (QED) is 0.801. The maximum atomic E-state index is 9.96. The van der Waals surface area contributed by atoms with Crippen molar-refractivity contribution in [2.45, 2.75) is 45.3 Å². The van der Waals surface area contributed by atoms with Crippen LogP contribution < -0.4 is 0 Å². The summed E-state index contributed by atoms with van der Waals surface area (Å²) in [7, 11) is 1.65. The summed E-state index contributed by atoms with van der Waals surface area (Å²) in [5.74, 6) is 0. The molecule has 0 saturated carbocycles. The molecule has 1 aromatic rings. The summed E-state index contributed by atoms with van der Waals surface area (Å²) in [5, 5.41) is 9.96. The summed E-state index contributed by atoms with van der Waals surface area (Å²) >= 11 is 0. The second kappa shape index (κ2) is 6.66. The van der Waals surface area contributed by atoms with E-state index in [9.17, 15) is 5.11 Å². The Labute approximate surface area is 98.3 Å². The Morgan fingerprint density at radius 1 is 1.12 bits per heavy atom. The van der Waals surface area contributed by atoms with Gasteiger partial charge in [-0.3, -0.25) is 0 Å². The number of hydrogen-bond acceptors (Lipinski definition) is 2. The van der Waals surface area contributed by atoms with Crippen LogP contribution in [0.3, 0.4) is 0 Å². The number of aryl methyl sites for hydroxylation is 1. The fourth-order valence-electron chi connectivity index (χ4n) is 1.88. The van der Waals surface area contributed by atoms with Gasteiger partial charge in [0.15, 0.2) is 0 Å². The highest BCUT2D eigenvalue weighted by Crippen LogP contribution is 2.12. The molecule has 2 atom stereocenters. The molecule has 0 heterocycles. The predicted molar refractivity (Wildman–Crippen MR) is 66.6 cm³/mol. The average Bonchev–Trinajstić information content (AvgIpc) is 2.31. The van der Waals surface area contributed by atoms with E-state index in [0.717, 1.165) is 12.8 Å². The summed E-state index contributed by atoms with van der Waals surface area (Å²) < 4.78 is 5.23. The van der Waals surface area contributed by atoms with Gasteiger partial charge in [-0.15, -0.1) is 0 Å². The zero-order valence-corrected chi connectivity index (χ0v) is 10.4. The molecular weight excluding hydrogens is 200 g/mol. The van der Waals surface area contributed by atoms with Gasteiger partial charge in [0.25, 0.3) is 0 Å². The standard InChI is InChI=1S/C14H22O2/c1-4-11-6-8-12(9-7-11)10-13(15)14(5-2)16-3/h6-9,13-15H,4-5,10H2,1-3H3. The van der Waals surface area contributed by atoms with Crippen LogP contribution in [0.15, 0.2) is 24.3 Å². The zero-order valence-electron chi connectivity index (χ0n) is 10.4. The Bertz CT molecular complexity index is 288. The van der Waals surface area contributed by atoms with Crippen molar-refractivity contribution in [2.75, 3.05) is 7.11 Å². The third kappa shape index (κ3) is 3.62. The Kier molecular flexibility index (Phi) is 5.50. The highest BCUT2D eigenvalue weighted by Gasteiger charge is 2.16. The third-order valence-corrected chi connectivity index (χ3v) is 3.01. The van der Waals surface area contributed by atoms with Crippen molar-refractivity contribution in [1.29, 1.82) is 0 Å². The van der Waals surface area contributed by atoms with Crippen molar-refractivity contribution in [3.05, 3.63) is 35.4 Å². The van der Waals surface area contributed by atoms with Gasteiger partial charge in [0, 0.05) is 13.5 Å². The van der Waals surface area contributed by atoms with Gasteiger partial charge in [-0.2, -0.15) is 0 Å². The fraction of sp³-hybridized carbons (Fsp3) is 0.571. The largest absolute Gasteiger partial charge is 0.390 e. The number of hydrogen-bond donors (Lipinski definition) is 1. The minimum Gasteiger partial charge on any atom is -0.390 e. The van der Waals surface area contributed by atoms with E-state index in [1.807, 2.05) is 6.92 Å². The van der Waals surface area contributed by atoms with E-state index in [1.54, 1.807) is 7.11 Å². The van der Waals surface area contributed by atoms with E-state index in [0.29, 0.717) is 6.42 Å². The molecule has 2 nitrogen and oxygen atoms in total. The van der Waals surface area contributed by atoms with Gasteiger partial charge in [-0.05, 0) is 24.0 Å².